The highest BCUT2D eigenvalue weighted by molar-refractivity contribution is 7.54. The fourth-order valence-corrected chi connectivity index (χ4v) is 3.00. The predicted molar refractivity (Wildman–Crippen MR) is 74.8 cm³/mol. The van der Waals surface area contributed by atoms with Crippen molar-refractivity contribution in [1.82, 2.24) is 0 Å². The largest absolute Gasteiger partial charge is 0.347 e. The summed E-state index contributed by atoms with van der Waals surface area (Å²) in [5, 5.41) is 0.680. The topological polar surface area (TPSA) is 40.5 Å². The van der Waals surface area contributed by atoms with Crippen LogP contribution in [0, 0.1) is 0 Å². The van der Waals surface area contributed by atoms with Crippen molar-refractivity contribution in [2.24, 2.45) is 0 Å². The van der Waals surface area contributed by atoms with Crippen molar-refractivity contribution < 1.29 is 9.79 Å². The summed E-state index contributed by atoms with van der Waals surface area (Å²) in [5.74, 6) is 0. The summed E-state index contributed by atoms with van der Waals surface area (Å²) >= 11 is 0. The van der Waals surface area contributed by atoms with Crippen LogP contribution in [0.15, 0.2) is 18.2 Å². The Balaban J connectivity index is 3.58. The quantitative estimate of drug-likeness (QED) is 0.755. The third-order valence-corrected chi connectivity index (χ3v) is 3.62. The van der Waals surface area contributed by atoms with Crippen LogP contribution in [0.1, 0.15) is 52.7 Å². The van der Waals surface area contributed by atoms with Crippen molar-refractivity contribution in [3.63, 3.8) is 0 Å². The first-order valence-electron chi connectivity index (χ1n) is 5.87. The van der Waals surface area contributed by atoms with Gasteiger partial charge in [-0.25, -0.2) is 0 Å². The zero-order valence-corrected chi connectivity index (χ0v) is 12.5. The van der Waals surface area contributed by atoms with Gasteiger partial charge in [-0.2, -0.15) is 0 Å². The molecule has 0 atom stereocenters. The molecule has 0 radical (unpaired) electrons. The van der Waals surface area contributed by atoms with Gasteiger partial charge in [0.2, 0.25) is 0 Å². The molecule has 0 spiro atoms. The molecule has 2 nitrogen and oxygen atoms in total. The third kappa shape index (κ3) is 3.28. The monoisotopic (exact) mass is 254 g/mol. The van der Waals surface area contributed by atoms with Gasteiger partial charge in [0.05, 0.1) is 0 Å². The Kier molecular flexibility index (Phi) is 4.03. The van der Waals surface area contributed by atoms with Crippen LogP contribution in [-0.4, -0.2) is 9.79 Å². The van der Waals surface area contributed by atoms with Gasteiger partial charge in [-0.3, -0.25) is 0 Å². The Labute approximate surface area is 106 Å². The lowest BCUT2D eigenvalue weighted by molar-refractivity contribution is 0.492. The minimum Gasteiger partial charge on any atom is -0.347 e. The Morgan fingerprint density at radius 1 is 0.882 bits per heavy atom. The van der Waals surface area contributed by atoms with Gasteiger partial charge in [0, 0.05) is 5.30 Å². The molecule has 1 aromatic rings. The summed E-state index contributed by atoms with van der Waals surface area (Å²) in [6.07, 6.45) is 0. The standard InChI is InChI=1S/C14H23O2P/c1-13(2,3)10-8-7-9-11(17(15)16)12(10)14(4,5)6/h7-9,15-16H,1-6H3. The SMILES string of the molecule is CC(C)(C)c1cccc(P(O)O)c1C(C)(C)C. The molecule has 17 heavy (non-hydrogen) atoms. The van der Waals surface area contributed by atoms with Gasteiger partial charge in [-0.15, -0.1) is 0 Å². The maximum absolute atomic E-state index is 9.58. The van der Waals surface area contributed by atoms with E-state index in [4.69, 9.17) is 0 Å². The summed E-state index contributed by atoms with van der Waals surface area (Å²) in [6, 6.07) is 5.82. The molecule has 0 saturated carbocycles. The summed E-state index contributed by atoms with van der Waals surface area (Å²) < 4.78 is 0. The summed E-state index contributed by atoms with van der Waals surface area (Å²) in [5.41, 5.74) is 2.18. The lowest BCUT2D eigenvalue weighted by Gasteiger charge is -2.32. The molecule has 0 heterocycles. The van der Waals surface area contributed by atoms with Crippen LogP contribution < -0.4 is 5.30 Å². The van der Waals surface area contributed by atoms with Crippen LogP contribution in [0.3, 0.4) is 0 Å². The normalized spacial score (nSPS) is 13.2. The fraction of sp³-hybridized carbons (Fsp3) is 0.571. The highest BCUT2D eigenvalue weighted by atomic mass is 31.2. The van der Waals surface area contributed by atoms with Crippen molar-refractivity contribution >= 4 is 13.7 Å². The van der Waals surface area contributed by atoms with E-state index in [2.05, 4.69) is 47.6 Å². The van der Waals surface area contributed by atoms with Crippen LogP contribution >= 0.6 is 8.38 Å². The molecule has 1 aromatic carbocycles. The van der Waals surface area contributed by atoms with E-state index < -0.39 is 8.38 Å². The average Bonchev–Trinajstić information content (AvgIpc) is 2.13. The van der Waals surface area contributed by atoms with Crippen LogP contribution in [0.2, 0.25) is 0 Å². The smallest absolute Gasteiger partial charge is 0.199 e. The molecule has 0 saturated heterocycles. The van der Waals surface area contributed by atoms with E-state index in [1.807, 2.05) is 12.1 Å². The van der Waals surface area contributed by atoms with Crippen molar-refractivity contribution in [1.29, 1.82) is 0 Å². The van der Waals surface area contributed by atoms with Crippen molar-refractivity contribution in [2.75, 3.05) is 0 Å². The van der Waals surface area contributed by atoms with Gasteiger partial charge >= 0.3 is 0 Å². The lowest BCUT2D eigenvalue weighted by atomic mass is 9.75. The maximum atomic E-state index is 9.58. The van der Waals surface area contributed by atoms with E-state index in [9.17, 15) is 9.79 Å². The minimum absolute atomic E-state index is 0.00394. The number of benzene rings is 1. The van der Waals surface area contributed by atoms with E-state index in [0.29, 0.717) is 5.30 Å². The second kappa shape index (κ2) is 4.68. The van der Waals surface area contributed by atoms with E-state index in [-0.39, 0.29) is 10.8 Å². The Hall–Kier alpha value is -0.430. The number of hydrogen-bond acceptors (Lipinski definition) is 2. The summed E-state index contributed by atoms with van der Waals surface area (Å²) in [6.45, 7) is 12.8. The summed E-state index contributed by atoms with van der Waals surface area (Å²) in [4.78, 5) is 19.2. The van der Waals surface area contributed by atoms with Crippen molar-refractivity contribution in [3.05, 3.63) is 29.3 Å². The second-order valence-electron chi connectivity index (χ2n) is 6.49. The van der Waals surface area contributed by atoms with Gasteiger partial charge in [0.15, 0.2) is 8.38 Å². The molecular weight excluding hydrogens is 231 g/mol. The van der Waals surface area contributed by atoms with Crippen molar-refractivity contribution in [2.45, 2.75) is 52.4 Å². The zero-order chi connectivity index (χ0) is 13.4. The molecule has 0 fully saturated rings. The first kappa shape index (κ1) is 14.6. The molecule has 0 bridgehead atoms. The highest BCUT2D eigenvalue weighted by Gasteiger charge is 2.29. The van der Waals surface area contributed by atoms with Gasteiger partial charge < -0.3 is 9.79 Å². The molecule has 0 aliphatic carbocycles. The van der Waals surface area contributed by atoms with E-state index in [1.165, 1.54) is 5.56 Å². The molecule has 1 rings (SSSR count). The average molecular weight is 254 g/mol. The van der Waals surface area contributed by atoms with Crippen LogP contribution in [0.4, 0.5) is 0 Å². The van der Waals surface area contributed by atoms with Crippen LogP contribution in [0.5, 0.6) is 0 Å². The molecule has 96 valence electrons. The van der Waals surface area contributed by atoms with E-state index in [1.54, 1.807) is 0 Å². The summed E-state index contributed by atoms with van der Waals surface area (Å²) in [7, 11) is -2.04. The first-order chi connectivity index (χ1) is 7.55. The number of rotatable bonds is 1. The van der Waals surface area contributed by atoms with Gasteiger partial charge in [-0.05, 0) is 28.0 Å². The van der Waals surface area contributed by atoms with Gasteiger partial charge in [0.1, 0.15) is 0 Å². The third-order valence-electron chi connectivity index (χ3n) is 2.82. The van der Waals surface area contributed by atoms with Crippen LogP contribution in [-0.2, 0) is 10.8 Å². The zero-order valence-electron chi connectivity index (χ0n) is 11.6. The van der Waals surface area contributed by atoms with E-state index >= 15 is 0 Å². The minimum atomic E-state index is -2.04. The molecule has 0 amide bonds. The number of hydrogen-bond donors (Lipinski definition) is 2. The van der Waals surface area contributed by atoms with Gasteiger partial charge in [-0.1, -0.05) is 53.7 Å². The Bertz CT molecular complexity index is 398. The Morgan fingerprint density at radius 2 is 1.41 bits per heavy atom. The predicted octanol–water partition coefficient (Wildman–Crippen LogP) is 3.20. The van der Waals surface area contributed by atoms with Crippen LogP contribution in [0.25, 0.3) is 0 Å². The lowest BCUT2D eigenvalue weighted by Crippen LogP contribution is -2.28. The Morgan fingerprint density at radius 3 is 1.76 bits per heavy atom. The second-order valence-corrected chi connectivity index (χ2v) is 7.55. The molecule has 0 aliphatic rings. The maximum Gasteiger partial charge on any atom is 0.199 e. The molecule has 0 aromatic heterocycles. The molecule has 2 N–H and O–H groups in total. The molecule has 3 heteroatoms. The molecule has 0 aliphatic heterocycles. The van der Waals surface area contributed by atoms with E-state index in [0.717, 1.165) is 5.56 Å². The molecular formula is C14H23O2P. The fourth-order valence-electron chi connectivity index (χ4n) is 2.12. The highest BCUT2D eigenvalue weighted by Crippen LogP contribution is 2.37. The molecule has 0 unspecified atom stereocenters. The van der Waals surface area contributed by atoms with Crippen molar-refractivity contribution in [3.8, 4) is 0 Å². The van der Waals surface area contributed by atoms with Gasteiger partial charge in [0.25, 0.3) is 0 Å². The first-order valence-corrected chi connectivity index (χ1v) is 7.11.